The smallest absolute Gasteiger partial charge is 0.129 e. The number of aromatic hydroxyl groups is 1. The van der Waals surface area contributed by atoms with Crippen molar-refractivity contribution in [3.63, 3.8) is 0 Å². The lowest BCUT2D eigenvalue weighted by atomic mass is 9.81. The van der Waals surface area contributed by atoms with Crippen molar-refractivity contribution >= 4 is 0 Å². The van der Waals surface area contributed by atoms with Gasteiger partial charge in [0.1, 0.15) is 23.2 Å². The molecule has 8 aromatic carbocycles. The monoisotopic (exact) mass is 1410 g/mol. The third-order valence-corrected chi connectivity index (χ3v) is 17.7. The fourth-order valence-electron chi connectivity index (χ4n) is 11.6. The number of phenolic OH excluding ortho intramolecular Hbond substituents is 1. The molecule has 0 amide bonds. The van der Waals surface area contributed by atoms with Crippen LogP contribution < -0.4 is 0 Å². The van der Waals surface area contributed by atoms with Gasteiger partial charge in [-0.15, -0.1) is 0 Å². The van der Waals surface area contributed by atoms with Crippen LogP contribution in [-0.2, 0) is 43.3 Å². The molecule has 0 bridgehead atoms. The van der Waals surface area contributed by atoms with E-state index >= 15 is 0 Å². The Bertz CT molecular complexity index is 3530. The van der Waals surface area contributed by atoms with Crippen LogP contribution in [0.25, 0.3) is 0 Å². The molecular weight excluding hydrogens is 1260 g/mol. The maximum Gasteiger partial charge on any atom is 0.129 e. The Morgan fingerprint density at radius 1 is 0.330 bits per heavy atom. The molecule has 1 N–H and O–H groups in total. The van der Waals surface area contributed by atoms with E-state index in [1.165, 1.54) is 124 Å². The summed E-state index contributed by atoms with van der Waals surface area (Å²) in [5.74, 6) is -0.0413. The van der Waals surface area contributed by atoms with Crippen molar-refractivity contribution in [1.82, 2.24) is 4.90 Å². The first kappa shape index (κ1) is 94.3. The summed E-state index contributed by atoms with van der Waals surface area (Å²) in [4.78, 5) is 2.59. The zero-order valence-corrected chi connectivity index (χ0v) is 71.7. The number of hydrogen-bond donors (Lipinski definition) is 1. The Morgan fingerprint density at radius 2 is 0.709 bits per heavy atom. The number of para-hydroxylation sites is 1. The molecule has 0 aliphatic carbocycles. The van der Waals surface area contributed by atoms with Crippen molar-refractivity contribution in [3.05, 3.63) is 277 Å². The van der Waals surface area contributed by atoms with Crippen LogP contribution in [0.15, 0.2) is 182 Å². The SMILES string of the molecule is CC(C)(C)CCN1CCCC1.CC(C)(C)c1c(F)cccc1F.CC(C)(C)c1ccccc1F.CC(C)(C)c1ccccc1O.CC(C)c1ccccc1C(C)(C)C.Cc1cc(C)cc(C(C)(C)C)c1.Cc1ccc(C(C)(C)C)cc1.Cc1cccc(C(C)(C)C)c1.Cc1ccccc1C(C)(C)C. The summed E-state index contributed by atoms with van der Waals surface area (Å²) in [6.45, 7) is 77.6. The van der Waals surface area contributed by atoms with Crippen LogP contribution in [0.2, 0.25) is 0 Å². The van der Waals surface area contributed by atoms with Gasteiger partial charge in [0.05, 0.1) is 0 Å². The van der Waals surface area contributed by atoms with E-state index in [0.717, 1.165) is 11.1 Å². The first-order valence-corrected chi connectivity index (χ1v) is 38.0. The molecule has 1 heterocycles. The van der Waals surface area contributed by atoms with Crippen molar-refractivity contribution in [2.24, 2.45) is 5.41 Å². The van der Waals surface area contributed by atoms with Gasteiger partial charge in [0, 0.05) is 5.56 Å². The van der Waals surface area contributed by atoms with E-state index in [9.17, 15) is 18.3 Å². The standard InChI is InChI=1S/C13H20.C12H18.3C11H16.C10H12F2.C10H13F.C10H21N.C10H14O/c1-10(2)11-8-6-7-9-12(11)13(3,4)5;1-9-6-10(2)8-11(7-9)12(3,4)5;1-9-5-7-10(8-6-9)11(2,3)4;1-9-6-5-7-10(8-9)11(2,3)4;1-9-7-5-6-8-10(9)11(2,3)4;1-10(2,3)9-7(11)5-4-6-8(9)12;1-10(2,3)8-6-4-5-7-9(8)11;1-10(2,3)6-9-11-7-4-5-8-11;1-10(2,3)8-6-4-5-7-9(8)11/h6-10H,1-5H3;6-8H,1-5H3;3*5-8H,1-4H3;4-6H,1-3H3;4-7H,1-3H3;4-9H2,1-3H3;4-7,11H,1-3H3. The molecule has 103 heavy (non-hydrogen) atoms. The predicted octanol–water partition coefficient (Wildman–Crippen LogP) is 29.2. The Balaban J connectivity index is 0.000000580. The quantitative estimate of drug-likeness (QED) is 0.191. The van der Waals surface area contributed by atoms with Crippen molar-refractivity contribution < 1.29 is 18.3 Å². The molecule has 8 aromatic rings. The number of phenols is 1. The average molecular weight is 1410 g/mol. The molecule has 5 heteroatoms. The largest absolute Gasteiger partial charge is 0.508 e. The molecule has 9 rings (SSSR count). The highest BCUT2D eigenvalue weighted by molar-refractivity contribution is 5.38. The predicted molar refractivity (Wildman–Crippen MR) is 450 cm³/mol. The molecule has 1 aliphatic rings. The molecule has 0 atom stereocenters. The molecule has 0 unspecified atom stereocenters. The number of halogens is 3. The lowest BCUT2D eigenvalue weighted by Crippen LogP contribution is -2.24. The highest BCUT2D eigenvalue weighted by Crippen LogP contribution is 2.33. The lowest BCUT2D eigenvalue weighted by Gasteiger charge is -2.24. The molecule has 570 valence electrons. The van der Waals surface area contributed by atoms with Crippen LogP contribution in [0.4, 0.5) is 13.2 Å². The molecule has 1 fully saturated rings. The molecule has 0 spiro atoms. The number of rotatable bonds is 3. The van der Waals surface area contributed by atoms with Gasteiger partial charge in [-0.3, -0.25) is 0 Å². The summed E-state index contributed by atoms with van der Waals surface area (Å²) < 4.78 is 39.3. The van der Waals surface area contributed by atoms with E-state index in [2.05, 4.69) is 314 Å². The fourth-order valence-corrected chi connectivity index (χ4v) is 11.6. The van der Waals surface area contributed by atoms with E-state index in [4.69, 9.17) is 0 Å². The van der Waals surface area contributed by atoms with Gasteiger partial charge in [-0.25, -0.2) is 13.2 Å². The normalized spacial score (nSPS) is 12.7. The minimum Gasteiger partial charge on any atom is -0.508 e. The second-order valence-electron chi connectivity index (χ2n) is 38.1. The first-order chi connectivity index (χ1) is 46.9. The second kappa shape index (κ2) is 41.3. The third kappa shape index (κ3) is 37.7. The summed E-state index contributed by atoms with van der Waals surface area (Å²) >= 11 is 0. The van der Waals surface area contributed by atoms with Gasteiger partial charge in [0.2, 0.25) is 0 Å². The highest BCUT2D eigenvalue weighted by atomic mass is 19.1. The molecule has 1 saturated heterocycles. The van der Waals surface area contributed by atoms with Gasteiger partial charge in [-0.2, -0.15) is 0 Å². The topological polar surface area (TPSA) is 23.5 Å². The van der Waals surface area contributed by atoms with Gasteiger partial charge in [0.25, 0.3) is 0 Å². The van der Waals surface area contributed by atoms with E-state index in [0.29, 0.717) is 17.1 Å². The van der Waals surface area contributed by atoms with Gasteiger partial charge >= 0.3 is 0 Å². The summed E-state index contributed by atoms with van der Waals surface area (Å²) in [5.41, 5.74) is 18.7. The fraction of sp³-hybridized carbons (Fsp3) is 0.510. The summed E-state index contributed by atoms with van der Waals surface area (Å²) in [7, 11) is 0. The number of nitrogens with zero attached hydrogens (tertiary/aromatic N) is 1. The third-order valence-electron chi connectivity index (χ3n) is 17.7. The molecule has 2 nitrogen and oxygen atoms in total. The molecule has 0 saturated carbocycles. The summed E-state index contributed by atoms with van der Waals surface area (Å²) in [6, 6.07) is 59.8. The van der Waals surface area contributed by atoms with Crippen molar-refractivity contribution in [3.8, 4) is 5.75 Å². The zero-order valence-electron chi connectivity index (χ0n) is 71.7. The number of hydrogen-bond acceptors (Lipinski definition) is 2. The molecular formula is C98H146F3NO. The van der Waals surface area contributed by atoms with Gasteiger partial charge in [-0.1, -0.05) is 381 Å². The van der Waals surface area contributed by atoms with E-state index in [1.54, 1.807) is 32.9 Å². The van der Waals surface area contributed by atoms with Crippen LogP contribution in [-0.4, -0.2) is 29.6 Å². The van der Waals surface area contributed by atoms with Gasteiger partial charge < -0.3 is 10.0 Å². The molecule has 1 aliphatic heterocycles. The Hall–Kier alpha value is -6.69. The van der Waals surface area contributed by atoms with Crippen molar-refractivity contribution in [1.29, 1.82) is 0 Å². The van der Waals surface area contributed by atoms with Crippen LogP contribution in [0, 0.1) is 57.5 Å². The molecule has 0 radical (unpaired) electrons. The highest BCUT2D eigenvalue weighted by Gasteiger charge is 2.24. The Labute approximate surface area is 631 Å². The minimum atomic E-state index is -0.477. The molecule has 0 aromatic heterocycles. The number of aryl methyl sites for hydroxylation is 5. The second-order valence-corrected chi connectivity index (χ2v) is 38.1. The van der Waals surface area contributed by atoms with Crippen molar-refractivity contribution in [2.45, 2.75) is 304 Å². The maximum absolute atomic E-state index is 13.1. The minimum absolute atomic E-state index is 0.0331. The van der Waals surface area contributed by atoms with Crippen LogP contribution in [0.1, 0.15) is 304 Å². The van der Waals surface area contributed by atoms with E-state index < -0.39 is 17.0 Å². The van der Waals surface area contributed by atoms with Gasteiger partial charge in [0.15, 0.2) is 0 Å². The van der Waals surface area contributed by atoms with Crippen LogP contribution in [0.5, 0.6) is 5.75 Å². The maximum atomic E-state index is 13.1. The van der Waals surface area contributed by atoms with E-state index in [1.807, 2.05) is 51.1 Å². The summed E-state index contributed by atoms with van der Waals surface area (Å²) in [5, 5.41) is 9.45. The Kier molecular flexibility index (Phi) is 37.8. The van der Waals surface area contributed by atoms with Crippen molar-refractivity contribution in [2.75, 3.05) is 19.6 Å². The first-order valence-electron chi connectivity index (χ1n) is 38.0. The zero-order chi connectivity index (χ0) is 79.5. The van der Waals surface area contributed by atoms with Gasteiger partial charge in [-0.05, 0) is 203 Å². The van der Waals surface area contributed by atoms with Crippen LogP contribution >= 0.6 is 0 Å². The van der Waals surface area contributed by atoms with E-state index in [-0.39, 0.29) is 49.3 Å². The number of benzene rings is 8. The lowest BCUT2D eigenvalue weighted by molar-refractivity contribution is 0.265. The van der Waals surface area contributed by atoms with Crippen LogP contribution in [0.3, 0.4) is 0 Å². The number of likely N-dealkylation sites (tertiary alicyclic amines) is 1. The summed E-state index contributed by atoms with van der Waals surface area (Å²) in [6.07, 6.45) is 4.18. The Morgan fingerprint density at radius 3 is 1.04 bits per heavy atom. The average Bonchev–Trinajstić information content (AvgIpc) is 1.02.